The van der Waals surface area contributed by atoms with E-state index in [-0.39, 0.29) is 0 Å². The summed E-state index contributed by atoms with van der Waals surface area (Å²) in [4.78, 5) is 0. The molecule has 0 aliphatic carbocycles. The average Bonchev–Trinajstić information content (AvgIpc) is 3.36. The normalized spacial score (nSPS) is 20.0. The van der Waals surface area contributed by atoms with Crippen molar-refractivity contribution in [3.8, 4) is 0 Å². The molecule has 0 fully saturated rings. The molecule has 218 valence electrons. The molecule has 2 heterocycles. The molecule has 4 aromatic carbocycles. The fourth-order valence-electron chi connectivity index (χ4n) is 7.62. The molecule has 0 saturated carbocycles. The van der Waals surface area contributed by atoms with Crippen molar-refractivity contribution < 1.29 is 0 Å². The molecule has 43 heavy (non-hydrogen) atoms. The summed E-state index contributed by atoms with van der Waals surface area (Å²) >= 11 is 0. The monoisotopic (exact) mass is 566 g/mol. The minimum Gasteiger partial charge on any atom is -0.266 e. The quantitative estimate of drug-likeness (QED) is 0.147. The molecule has 0 bridgehead atoms. The lowest BCUT2D eigenvalue weighted by Gasteiger charge is -2.26. The topological polar surface area (TPSA) is 0 Å². The number of hydrogen-bond donors (Lipinski definition) is 0. The van der Waals surface area contributed by atoms with Gasteiger partial charge in [0.1, 0.15) is 22.8 Å². The van der Waals surface area contributed by atoms with Gasteiger partial charge in [-0.3, -0.25) is 8.97 Å². The average molecular weight is 567 g/mol. The van der Waals surface area contributed by atoms with Gasteiger partial charge in [-0.2, -0.15) is 0 Å². The summed E-state index contributed by atoms with van der Waals surface area (Å²) in [7, 11) is 9.32. The number of nitrogens with zero attached hydrogens (tertiary/aromatic N) is 2. The zero-order valence-corrected chi connectivity index (χ0v) is 26.8. The molecule has 2 heteroatoms. The summed E-state index contributed by atoms with van der Waals surface area (Å²) in [5, 5.41) is 5.43. The van der Waals surface area contributed by atoms with E-state index in [0.29, 0.717) is 5.92 Å². The number of quaternary nitrogens is 2. The van der Waals surface area contributed by atoms with Gasteiger partial charge in [0.05, 0.1) is 39.7 Å². The first-order chi connectivity index (χ1) is 20.8. The van der Waals surface area contributed by atoms with Crippen LogP contribution in [0.1, 0.15) is 56.6 Å². The van der Waals surface area contributed by atoms with Gasteiger partial charge in [-0.15, -0.1) is 0 Å². The number of likely N-dealkylation sites (N-methyl/N-ethyl adjacent to an activating group) is 2. The molecule has 0 N–H and O–H groups in total. The first-order valence-electron chi connectivity index (χ1n) is 16.0. The highest BCUT2D eigenvalue weighted by atomic mass is 15.3. The predicted octanol–water partition coefficient (Wildman–Crippen LogP) is 10.8. The Morgan fingerprint density at radius 3 is 1.98 bits per heavy atom. The van der Waals surface area contributed by atoms with Gasteiger partial charge in [0, 0.05) is 23.3 Å². The molecule has 0 spiro atoms. The third-order valence-corrected chi connectivity index (χ3v) is 9.67. The molecule has 4 aromatic rings. The largest absolute Gasteiger partial charge is 0.266 e. The maximum atomic E-state index is 2.36. The summed E-state index contributed by atoms with van der Waals surface area (Å²) in [6.07, 6.45) is 20.2. The van der Waals surface area contributed by atoms with E-state index in [9.17, 15) is 0 Å². The van der Waals surface area contributed by atoms with Crippen molar-refractivity contribution in [2.75, 3.05) is 28.2 Å². The van der Waals surface area contributed by atoms with Crippen LogP contribution in [0.2, 0.25) is 0 Å². The molecular weight excluding hydrogens is 520 g/mol. The summed E-state index contributed by atoms with van der Waals surface area (Å²) < 4.78 is 1.60. The van der Waals surface area contributed by atoms with Gasteiger partial charge in [-0.05, 0) is 58.7 Å². The number of benzene rings is 4. The molecule has 0 saturated heterocycles. The van der Waals surface area contributed by atoms with Gasteiger partial charge in [0.25, 0.3) is 0 Å². The van der Waals surface area contributed by atoms with Crippen molar-refractivity contribution in [3.63, 3.8) is 0 Å². The zero-order valence-electron chi connectivity index (χ0n) is 26.8. The van der Waals surface area contributed by atoms with Crippen LogP contribution in [-0.2, 0) is 0 Å². The van der Waals surface area contributed by atoms with Crippen LogP contribution >= 0.6 is 0 Å². The minimum atomic E-state index is 0.443. The molecule has 0 radical (unpaired) electrons. The van der Waals surface area contributed by atoms with Crippen LogP contribution in [0.15, 0.2) is 127 Å². The second-order valence-corrected chi connectivity index (χ2v) is 13.0. The fourth-order valence-corrected chi connectivity index (χ4v) is 7.62. The summed E-state index contributed by atoms with van der Waals surface area (Å²) in [5.74, 6) is 0.443. The molecule has 2 aliphatic rings. The van der Waals surface area contributed by atoms with Gasteiger partial charge in [-0.25, -0.2) is 0 Å². The number of fused-ring (bicyclic) bond motifs is 6. The van der Waals surface area contributed by atoms with Crippen molar-refractivity contribution >= 4 is 38.5 Å². The van der Waals surface area contributed by atoms with Crippen LogP contribution in [0.25, 0.3) is 27.1 Å². The standard InChI is InChI=1S/C41H46N2/c1-7-18-34-36(42(3,4)38-28-26-30-20-14-16-22-32(30)40(34)38)24-12-10-9-11-13-25-37-35(19-8-2)41-33-23-17-15-21-31(33)27-29-39(41)43(37,5)6/h9-17,20-29,34H,7-8,18-19H2,1-6H3/q+2. The van der Waals surface area contributed by atoms with Crippen LogP contribution in [0.3, 0.4) is 0 Å². The lowest BCUT2D eigenvalue weighted by atomic mass is 9.89. The maximum absolute atomic E-state index is 2.36. The lowest BCUT2D eigenvalue weighted by Crippen LogP contribution is -2.36. The van der Waals surface area contributed by atoms with Crippen molar-refractivity contribution in [1.29, 1.82) is 0 Å². The molecule has 1 atom stereocenters. The van der Waals surface area contributed by atoms with Gasteiger partial charge >= 0.3 is 0 Å². The second-order valence-electron chi connectivity index (χ2n) is 13.0. The molecule has 2 aliphatic heterocycles. The predicted molar refractivity (Wildman–Crippen MR) is 190 cm³/mol. The Morgan fingerprint density at radius 2 is 1.26 bits per heavy atom. The van der Waals surface area contributed by atoms with E-state index in [1.54, 1.807) is 0 Å². The molecule has 6 rings (SSSR count). The second kappa shape index (κ2) is 11.6. The SMILES string of the molecule is CCCC1=C(C=CC=CC=CC=C2C(CCC)c3c(ccc4ccccc34)[N+]2(C)C)[N+](C)(C)c2ccc3ccccc3c21. The van der Waals surface area contributed by atoms with E-state index < -0.39 is 0 Å². The zero-order chi connectivity index (χ0) is 30.2. The molecule has 0 amide bonds. The van der Waals surface area contributed by atoms with E-state index in [0.717, 1.165) is 21.8 Å². The Labute approximate surface area is 258 Å². The number of rotatable bonds is 8. The Morgan fingerprint density at radius 1 is 0.628 bits per heavy atom. The number of allylic oxidation sites excluding steroid dienone is 9. The van der Waals surface area contributed by atoms with Crippen molar-refractivity contribution in [2.45, 2.75) is 45.4 Å². The van der Waals surface area contributed by atoms with Crippen LogP contribution in [0.5, 0.6) is 0 Å². The highest BCUT2D eigenvalue weighted by Crippen LogP contribution is 2.52. The van der Waals surface area contributed by atoms with Crippen LogP contribution < -0.4 is 8.97 Å². The van der Waals surface area contributed by atoms with Crippen LogP contribution in [0, 0.1) is 0 Å². The highest BCUT2D eigenvalue weighted by Gasteiger charge is 2.44. The Bertz CT molecular complexity index is 1840. The van der Waals surface area contributed by atoms with E-state index in [4.69, 9.17) is 0 Å². The first kappa shape index (κ1) is 29.1. The maximum Gasteiger partial charge on any atom is 0.145 e. The number of hydrogen-bond acceptors (Lipinski definition) is 0. The Hall–Kier alpha value is -3.98. The van der Waals surface area contributed by atoms with Crippen molar-refractivity contribution in [3.05, 3.63) is 138 Å². The van der Waals surface area contributed by atoms with E-state index in [1.807, 2.05) is 0 Å². The van der Waals surface area contributed by atoms with E-state index >= 15 is 0 Å². The molecular formula is C41H46N2+2. The molecule has 2 nitrogen and oxygen atoms in total. The van der Waals surface area contributed by atoms with Gasteiger partial charge < -0.3 is 0 Å². The third kappa shape index (κ3) is 4.93. The lowest BCUT2D eigenvalue weighted by molar-refractivity contribution is 0.479. The van der Waals surface area contributed by atoms with Gasteiger partial charge in [-0.1, -0.05) is 106 Å². The van der Waals surface area contributed by atoms with Crippen molar-refractivity contribution in [1.82, 2.24) is 8.97 Å². The first-order valence-corrected chi connectivity index (χ1v) is 16.0. The summed E-state index contributed by atoms with van der Waals surface area (Å²) in [6.45, 7) is 4.59. The van der Waals surface area contributed by atoms with Gasteiger partial charge in [0.15, 0.2) is 0 Å². The van der Waals surface area contributed by atoms with E-state index in [2.05, 4.69) is 157 Å². The van der Waals surface area contributed by atoms with E-state index in [1.165, 1.54) is 73.9 Å². The van der Waals surface area contributed by atoms with Crippen molar-refractivity contribution in [2.24, 2.45) is 0 Å². The van der Waals surface area contributed by atoms with Gasteiger partial charge in [0.2, 0.25) is 0 Å². The Balaban J connectivity index is 1.27. The van der Waals surface area contributed by atoms with Crippen LogP contribution in [0.4, 0.5) is 11.4 Å². The third-order valence-electron chi connectivity index (χ3n) is 9.67. The summed E-state index contributed by atoms with van der Waals surface area (Å²) in [5.41, 5.74) is 10.1. The molecule has 1 unspecified atom stereocenters. The Kier molecular flexibility index (Phi) is 7.85. The minimum absolute atomic E-state index is 0.443. The van der Waals surface area contributed by atoms with Crippen LogP contribution in [-0.4, -0.2) is 28.2 Å². The highest BCUT2D eigenvalue weighted by molar-refractivity contribution is 6.03. The molecule has 0 aromatic heterocycles. The smallest absolute Gasteiger partial charge is 0.145 e. The summed E-state index contributed by atoms with van der Waals surface area (Å²) in [6, 6.07) is 26.9. The fraction of sp³-hybridized carbons (Fsp3) is 0.268.